The summed E-state index contributed by atoms with van der Waals surface area (Å²) in [6.07, 6.45) is 0. The van der Waals surface area contributed by atoms with Crippen molar-refractivity contribution in [2.45, 2.75) is 11.8 Å². The number of anilines is 1. The van der Waals surface area contributed by atoms with Crippen molar-refractivity contribution in [3.63, 3.8) is 0 Å². The van der Waals surface area contributed by atoms with Gasteiger partial charge in [-0.15, -0.1) is 0 Å². The van der Waals surface area contributed by atoms with Crippen LogP contribution in [0.3, 0.4) is 0 Å². The Morgan fingerprint density at radius 2 is 1.86 bits per heavy atom. The first-order chi connectivity index (χ1) is 9.79. The van der Waals surface area contributed by atoms with Crippen molar-refractivity contribution in [3.05, 3.63) is 58.6 Å². The molecule has 0 aliphatic carbocycles. The van der Waals surface area contributed by atoms with Gasteiger partial charge in [0.05, 0.1) is 4.90 Å². The largest absolute Gasteiger partial charge is 0.322 e. The van der Waals surface area contributed by atoms with Crippen LogP contribution in [0.25, 0.3) is 0 Å². The Balaban J connectivity index is 2.35. The molecule has 2 aromatic rings. The molecule has 0 aromatic heterocycles. The third-order valence-electron chi connectivity index (χ3n) is 2.93. The van der Waals surface area contributed by atoms with Gasteiger partial charge in [-0.2, -0.15) is 0 Å². The lowest BCUT2D eigenvalue weighted by Gasteiger charge is -2.11. The van der Waals surface area contributed by atoms with Crippen LogP contribution in [0.15, 0.2) is 47.4 Å². The van der Waals surface area contributed by atoms with Gasteiger partial charge in [0.2, 0.25) is 10.0 Å². The minimum absolute atomic E-state index is 0.0219. The maximum Gasteiger partial charge on any atom is 0.255 e. The van der Waals surface area contributed by atoms with Crippen molar-refractivity contribution in [2.24, 2.45) is 5.14 Å². The minimum atomic E-state index is -3.84. The highest BCUT2D eigenvalue weighted by Crippen LogP contribution is 2.23. The van der Waals surface area contributed by atoms with Crippen LogP contribution in [0, 0.1) is 6.92 Å². The average molecular weight is 325 g/mol. The Labute approximate surface area is 127 Å². The van der Waals surface area contributed by atoms with E-state index in [1.54, 1.807) is 31.2 Å². The normalized spacial score (nSPS) is 11.2. The summed E-state index contributed by atoms with van der Waals surface area (Å²) >= 11 is 5.83. The number of primary sulfonamides is 1. The van der Waals surface area contributed by atoms with Gasteiger partial charge in [0, 0.05) is 16.3 Å². The molecule has 0 unspecified atom stereocenters. The predicted octanol–water partition coefficient (Wildman–Crippen LogP) is 2.55. The highest BCUT2D eigenvalue weighted by molar-refractivity contribution is 7.89. The van der Waals surface area contributed by atoms with Crippen LogP contribution >= 0.6 is 11.6 Å². The van der Waals surface area contributed by atoms with Crippen LogP contribution in [-0.4, -0.2) is 14.3 Å². The Kier molecular flexibility index (Phi) is 4.32. The molecule has 0 bridgehead atoms. The summed E-state index contributed by atoms with van der Waals surface area (Å²) in [4.78, 5) is 12.1. The Morgan fingerprint density at radius 3 is 2.48 bits per heavy atom. The molecule has 2 aromatic carbocycles. The monoisotopic (exact) mass is 324 g/mol. The molecule has 0 heterocycles. The summed E-state index contributed by atoms with van der Waals surface area (Å²) in [5.41, 5.74) is 1.14. The van der Waals surface area contributed by atoms with Gasteiger partial charge in [-0.3, -0.25) is 4.79 Å². The van der Waals surface area contributed by atoms with Crippen molar-refractivity contribution in [2.75, 3.05) is 5.32 Å². The molecule has 21 heavy (non-hydrogen) atoms. The van der Waals surface area contributed by atoms with E-state index < -0.39 is 10.0 Å². The number of benzene rings is 2. The topological polar surface area (TPSA) is 89.3 Å². The Hall–Kier alpha value is -1.89. The van der Waals surface area contributed by atoms with E-state index in [1.807, 2.05) is 0 Å². The molecule has 110 valence electrons. The van der Waals surface area contributed by atoms with E-state index in [4.69, 9.17) is 16.7 Å². The molecular formula is C14H13ClN2O3S. The predicted molar refractivity (Wildman–Crippen MR) is 82.0 cm³/mol. The minimum Gasteiger partial charge on any atom is -0.322 e. The molecule has 0 saturated carbocycles. The lowest BCUT2D eigenvalue weighted by atomic mass is 10.1. The zero-order valence-electron chi connectivity index (χ0n) is 11.1. The molecule has 1 amide bonds. The summed E-state index contributed by atoms with van der Waals surface area (Å²) in [5, 5.41) is 8.22. The highest BCUT2D eigenvalue weighted by Gasteiger charge is 2.15. The zero-order valence-corrected chi connectivity index (χ0v) is 12.7. The molecule has 3 N–H and O–H groups in total. The van der Waals surface area contributed by atoms with Crippen LogP contribution in [0.4, 0.5) is 5.69 Å². The third kappa shape index (κ3) is 3.60. The lowest BCUT2D eigenvalue weighted by molar-refractivity contribution is 0.102. The van der Waals surface area contributed by atoms with E-state index in [9.17, 15) is 13.2 Å². The summed E-state index contributed by atoms with van der Waals surface area (Å²) in [6.45, 7) is 1.58. The van der Waals surface area contributed by atoms with Gasteiger partial charge < -0.3 is 5.32 Å². The van der Waals surface area contributed by atoms with Gasteiger partial charge in [0.25, 0.3) is 5.91 Å². The standard InChI is InChI=1S/C14H13ClN2O3S/c1-9-12(6-3-7-13(9)21(16,19)20)17-14(18)10-4-2-5-11(15)8-10/h2-8H,1H3,(H,17,18)(H2,16,19,20). The van der Waals surface area contributed by atoms with Crippen LogP contribution in [-0.2, 0) is 10.0 Å². The second-order valence-corrected chi connectivity index (χ2v) is 6.40. The van der Waals surface area contributed by atoms with Crippen molar-refractivity contribution >= 4 is 33.2 Å². The number of rotatable bonds is 3. The molecule has 0 atom stereocenters. The fourth-order valence-corrected chi connectivity index (χ4v) is 2.88. The molecule has 5 nitrogen and oxygen atoms in total. The highest BCUT2D eigenvalue weighted by atomic mass is 35.5. The average Bonchev–Trinajstić information content (AvgIpc) is 2.39. The van der Waals surface area contributed by atoms with Crippen LogP contribution < -0.4 is 10.5 Å². The number of carbonyl (C=O) groups is 1. The molecule has 7 heteroatoms. The van der Waals surface area contributed by atoms with Crippen LogP contribution in [0.5, 0.6) is 0 Å². The van der Waals surface area contributed by atoms with Crippen molar-refractivity contribution in [1.29, 1.82) is 0 Å². The van der Waals surface area contributed by atoms with Gasteiger partial charge in [-0.25, -0.2) is 13.6 Å². The molecule has 2 rings (SSSR count). The molecule has 0 radical (unpaired) electrons. The lowest BCUT2D eigenvalue weighted by Crippen LogP contribution is -2.17. The van der Waals surface area contributed by atoms with Gasteiger partial charge in [-0.05, 0) is 42.8 Å². The fourth-order valence-electron chi connectivity index (χ4n) is 1.88. The van der Waals surface area contributed by atoms with E-state index in [0.29, 0.717) is 21.8 Å². The molecule has 0 spiro atoms. The summed E-state index contributed by atoms with van der Waals surface area (Å²) in [7, 11) is -3.84. The number of nitrogens with one attached hydrogen (secondary N) is 1. The summed E-state index contributed by atoms with van der Waals surface area (Å²) < 4.78 is 22.9. The van der Waals surface area contributed by atoms with E-state index in [0.717, 1.165) is 0 Å². The number of sulfonamides is 1. The zero-order chi connectivity index (χ0) is 15.6. The molecular weight excluding hydrogens is 312 g/mol. The number of hydrogen-bond donors (Lipinski definition) is 2. The van der Waals surface area contributed by atoms with E-state index in [-0.39, 0.29) is 10.8 Å². The first kappa shape index (κ1) is 15.5. The first-order valence-corrected chi connectivity index (χ1v) is 7.91. The second-order valence-electron chi connectivity index (χ2n) is 4.44. The van der Waals surface area contributed by atoms with Gasteiger partial charge in [0.15, 0.2) is 0 Å². The summed E-state index contributed by atoms with van der Waals surface area (Å²) in [6, 6.07) is 11.0. The number of carbonyl (C=O) groups excluding carboxylic acids is 1. The molecule has 0 fully saturated rings. The Morgan fingerprint density at radius 1 is 1.19 bits per heavy atom. The maximum absolute atomic E-state index is 12.1. The van der Waals surface area contributed by atoms with Crippen LogP contribution in [0.2, 0.25) is 5.02 Å². The Bertz CT molecular complexity index is 804. The number of amides is 1. The van der Waals surface area contributed by atoms with Crippen molar-refractivity contribution < 1.29 is 13.2 Å². The van der Waals surface area contributed by atoms with Gasteiger partial charge in [0.1, 0.15) is 0 Å². The van der Waals surface area contributed by atoms with E-state index in [2.05, 4.69) is 5.32 Å². The summed E-state index contributed by atoms with van der Waals surface area (Å²) in [5.74, 6) is -0.382. The van der Waals surface area contributed by atoms with E-state index >= 15 is 0 Å². The molecule has 0 aliphatic heterocycles. The first-order valence-electron chi connectivity index (χ1n) is 5.98. The SMILES string of the molecule is Cc1c(NC(=O)c2cccc(Cl)c2)cccc1S(N)(=O)=O. The van der Waals surface area contributed by atoms with Gasteiger partial charge >= 0.3 is 0 Å². The van der Waals surface area contributed by atoms with Crippen molar-refractivity contribution in [1.82, 2.24) is 0 Å². The van der Waals surface area contributed by atoms with Crippen molar-refractivity contribution in [3.8, 4) is 0 Å². The number of halogens is 1. The number of nitrogens with two attached hydrogens (primary N) is 1. The smallest absolute Gasteiger partial charge is 0.255 e. The third-order valence-corrected chi connectivity index (χ3v) is 4.22. The van der Waals surface area contributed by atoms with Gasteiger partial charge in [-0.1, -0.05) is 23.7 Å². The quantitative estimate of drug-likeness (QED) is 0.909. The second kappa shape index (κ2) is 5.85. The maximum atomic E-state index is 12.1. The fraction of sp³-hybridized carbons (Fsp3) is 0.0714. The van der Waals surface area contributed by atoms with E-state index in [1.165, 1.54) is 18.2 Å². The molecule has 0 aliphatic rings. The molecule has 0 saturated heterocycles. The number of hydrogen-bond acceptors (Lipinski definition) is 3. The van der Waals surface area contributed by atoms with Crippen LogP contribution in [0.1, 0.15) is 15.9 Å².